The fourth-order valence-corrected chi connectivity index (χ4v) is 3.28. The minimum atomic E-state index is 0.0575. The zero-order valence-corrected chi connectivity index (χ0v) is 12.6. The number of hydrogen-bond acceptors (Lipinski definition) is 3. The first kappa shape index (κ1) is 13.1. The number of nitrogens with one attached hydrogen (secondary N) is 1. The highest BCUT2D eigenvalue weighted by molar-refractivity contribution is 6.37. The highest BCUT2D eigenvalue weighted by Crippen LogP contribution is 2.32. The van der Waals surface area contributed by atoms with Crippen molar-refractivity contribution in [3.05, 3.63) is 63.5 Å². The molecule has 5 heteroatoms. The van der Waals surface area contributed by atoms with E-state index in [0.29, 0.717) is 27.0 Å². The van der Waals surface area contributed by atoms with Crippen LogP contribution in [0.3, 0.4) is 0 Å². The molecule has 0 aliphatic carbocycles. The maximum absolute atomic E-state index is 6.16. The van der Waals surface area contributed by atoms with Crippen LogP contribution in [0.4, 0.5) is 0 Å². The van der Waals surface area contributed by atoms with E-state index < -0.39 is 0 Å². The van der Waals surface area contributed by atoms with Crippen molar-refractivity contribution in [2.75, 3.05) is 0 Å². The lowest BCUT2D eigenvalue weighted by molar-refractivity contribution is 0.395. The Labute approximate surface area is 131 Å². The van der Waals surface area contributed by atoms with Crippen LogP contribution in [0.15, 0.2) is 40.8 Å². The summed E-state index contributed by atoms with van der Waals surface area (Å²) in [6.07, 6.45) is 0.856. The van der Waals surface area contributed by atoms with E-state index in [-0.39, 0.29) is 6.04 Å². The van der Waals surface area contributed by atoms with Crippen LogP contribution < -0.4 is 5.32 Å². The topological polar surface area (TPSA) is 38.1 Å². The Hall–Kier alpha value is -1.55. The molecule has 1 unspecified atom stereocenters. The molecule has 0 spiro atoms. The molecule has 0 saturated heterocycles. The average Bonchev–Trinajstić information content (AvgIpc) is 2.91. The molecule has 1 aliphatic rings. The zero-order valence-electron chi connectivity index (χ0n) is 11.1. The van der Waals surface area contributed by atoms with Gasteiger partial charge in [0.15, 0.2) is 5.58 Å². The van der Waals surface area contributed by atoms with E-state index >= 15 is 0 Å². The summed E-state index contributed by atoms with van der Waals surface area (Å²) in [5.74, 6) is 0.656. The molecule has 2 heterocycles. The fraction of sp³-hybridized carbons (Fsp3) is 0.188. The van der Waals surface area contributed by atoms with Crippen LogP contribution in [-0.2, 0) is 13.0 Å². The van der Waals surface area contributed by atoms with Crippen molar-refractivity contribution in [2.45, 2.75) is 19.0 Å². The first-order chi connectivity index (χ1) is 10.2. The molecule has 106 valence electrons. The van der Waals surface area contributed by atoms with E-state index in [9.17, 15) is 0 Å². The smallest absolute Gasteiger partial charge is 0.213 e. The van der Waals surface area contributed by atoms with Gasteiger partial charge in [-0.05, 0) is 29.7 Å². The van der Waals surface area contributed by atoms with Gasteiger partial charge < -0.3 is 9.73 Å². The van der Waals surface area contributed by atoms with Crippen LogP contribution in [0.25, 0.3) is 11.1 Å². The lowest BCUT2D eigenvalue weighted by Crippen LogP contribution is -2.28. The highest BCUT2D eigenvalue weighted by atomic mass is 35.5. The summed E-state index contributed by atoms with van der Waals surface area (Å²) in [5, 5.41) is 4.51. The van der Waals surface area contributed by atoms with Gasteiger partial charge in [-0.2, -0.15) is 0 Å². The number of nitrogens with zero attached hydrogens (tertiary/aromatic N) is 1. The number of oxazole rings is 1. The Kier molecular flexibility index (Phi) is 3.14. The Balaban J connectivity index is 1.73. The van der Waals surface area contributed by atoms with Crippen molar-refractivity contribution in [3.63, 3.8) is 0 Å². The average molecular weight is 319 g/mol. The standard InChI is InChI=1S/C16H12Cl2N2O/c17-11-6-12(18)15-13(7-11)20-16(21-15)14-5-9-3-1-2-4-10(9)8-19-14/h1-4,6-7,14,19H,5,8H2. The Bertz CT molecular complexity index is 828. The molecule has 3 aromatic rings. The van der Waals surface area contributed by atoms with Crippen molar-refractivity contribution in [2.24, 2.45) is 0 Å². The van der Waals surface area contributed by atoms with Crippen LogP contribution in [-0.4, -0.2) is 4.98 Å². The summed E-state index contributed by atoms with van der Waals surface area (Å²) in [5.41, 5.74) is 3.94. The second-order valence-electron chi connectivity index (χ2n) is 5.19. The number of aromatic nitrogens is 1. The van der Waals surface area contributed by atoms with Gasteiger partial charge in [0.05, 0.1) is 11.1 Å². The molecule has 0 fully saturated rings. The molecule has 1 aliphatic heterocycles. The van der Waals surface area contributed by atoms with E-state index in [1.54, 1.807) is 12.1 Å². The molecule has 4 rings (SSSR count). The van der Waals surface area contributed by atoms with Crippen LogP contribution in [0.1, 0.15) is 23.1 Å². The monoisotopic (exact) mass is 318 g/mol. The van der Waals surface area contributed by atoms with Gasteiger partial charge in [-0.15, -0.1) is 0 Å². The van der Waals surface area contributed by atoms with E-state index in [0.717, 1.165) is 13.0 Å². The number of rotatable bonds is 1. The molecule has 1 aromatic heterocycles. The highest BCUT2D eigenvalue weighted by Gasteiger charge is 2.24. The third-order valence-electron chi connectivity index (χ3n) is 3.81. The Morgan fingerprint density at radius 2 is 1.95 bits per heavy atom. The lowest BCUT2D eigenvalue weighted by atomic mass is 9.96. The Morgan fingerprint density at radius 1 is 1.14 bits per heavy atom. The van der Waals surface area contributed by atoms with E-state index in [4.69, 9.17) is 27.6 Å². The number of hydrogen-bond donors (Lipinski definition) is 1. The lowest BCUT2D eigenvalue weighted by Gasteiger charge is -2.23. The first-order valence-corrected chi connectivity index (χ1v) is 7.52. The fourth-order valence-electron chi connectivity index (χ4n) is 2.75. The maximum Gasteiger partial charge on any atom is 0.213 e. The summed E-state index contributed by atoms with van der Waals surface area (Å²) < 4.78 is 5.84. The van der Waals surface area contributed by atoms with Gasteiger partial charge in [0.1, 0.15) is 5.52 Å². The molecule has 0 amide bonds. The van der Waals surface area contributed by atoms with Gasteiger partial charge in [0.2, 0.25) is 5.89 Å². The molecule has 0 saturated carbocycles. The van der Waals surface area contributed by atoms with Crippen molar-refractivity contribution in [1.82, 2.24) is 10.3 Å². The second kappa shape index (κ2) is 5.02. The zero-order chi connectivity index (χ0) is 14.4. The second-order valence-corrected chi connectivity index (χ2v) is 6.04. The number of fused-ring (bicyclic) bond motifs is 2. The van der Waals surface area contributed by atoms with E-state index in [1.807, 2.05) is 0 Å². The third-order valence-corrected chi connectivity index (χ3v) is 4.30. The quantitative estimate of drug-likeness (QED) is 0.716. The molecular weight excluding hydrogens is 307 g/mol. The van der Waals surface area contributed by atoms with Crippen LogP contribution in [0.5, 0.6) is 0 Å². The van der Waals surface area contributed by atoms with Crippen LogP contribution in [0, 0.1) is 0 Å². The SMILES string of the molecule is Clc1cc(Cl)c2oc(C3Cc4ccccc4CN3)nc2c1. The third kappa shape index (κ3) is 2.31. The largest absolute Gasteiger partial charge is 0.437 e. The summed E-state index contributed by atoms with van der Waals surface area (Å²) in [6, 6.07) is 11.9. The molecule has 1 atom stereocenters. The molecule has 21 heavy (non-hydrogen) atoms. The molecule has 0 bridgehead atoms. The van der Waals surface area contributed by atoms with Gasteiger partial charge >= 0.3 is 0 Å². The van der Waals surface area contributed by atoms with E-state index in [2.05, 4.69) is 34.6 Å². The minimum absolute atomic E-state index is 0.0575. The molecule has 1 N–H and O–H groups in total. The van der Waals surface area contributed by atoms with Crippen molar-refractivity contribution >= 4 is 34.3 Å². The van der Waals surface area contributed by atoms with Crippen molar-refractivity contribution in [3.8, 4) is 0 Å². The van der Waals surface area contributed by atoms with E-state index in [1.165, 1.54) is 11.1 Å². The summed E-state index contributed by atoms with van der Waals surface area (Å²) in [4.78, 5) is 4.53. The summed E-state index contributed by atoms with van der Waals surface area (Å²) in [6.45, 7) is 0.814. The molecule has 0 radical (unpaired) electrons. The van der Waals surface area contributed by atoms with Crippen LogP contribution >= 0.6 is 23.2 Å². The van der Waals surface area contributed by atoms with Gasteiger partial charge in [0, 0.05) is 11.6 Å². The molecule has 3 nitrogen and oxygen atoms in total. The predicted octanol–water partition coefficient (Wildman–Crippen LogP) is 4.52. The maximum atomic E-state index is 6.16. The molecule has 2 aromatic carbocycles. The normalized spacial score (nSPS) is 17.9. The number of benzene rings is 2. The van der Waals surface area contributed by atoms with Gasteiger partial charge in [-0.1, -0.05) is 47.5 Å². The van der Waals surface area contributed by atoms with Gasteiger partial charge in [-0.25, -0.2) is 4.98 Å². The first-order valence-electron chi connectivity index (χ1n) is 6.76. The van der Waals surface area contributed by atoms with Crippen molar-refractivity contribution in [1.29, 1.82) is 0 Å². The van der Waals surface area contributed by atoms with Gasteiger partial charge in [0.25, 0.3) is 0 Å². The Morgan fingerprint density at radius 3 is 2.81 bits per heavy atom. The van der Waals surface area contributed by atoms with Crippen LogP contribution in [0.2, 0.25) is 10.0 Å². The molecular formula is C16H12Cl2N2O. The minimum Gasteiger partial charge on any atom is -0.437 e. The summed E-state index contributed by atoms with van der Waals surface area (Å²) >= 11 is 12.2. The predicted molar refractivity (Wildman–Crippen MR) is 83.8 cm³/mol. The number of halogens is 2. The summed E-state index contributed by atoms with van der Waals surface area (Å²) in [7, 11) is 0. The van der Waals surface area contributed by atoms with Gasteiger partial charge in [-0.3, -0.25) is 0 Å². The van der Waals surface area contributed by atoms with Crippen molar-refractivity contribution < 1.29 is 4.42 Å².